The van der Waals surface area contributed by atoms with Crippen LogP contribution >= 0.6 is 11.6 Å². The van der Waals surface area contributed by atoms with E-state index in [0.29, 0.717) is 6.42 Å². The fraction of sp³-hybridized carbons (Fsp3) is 0.400. The van der Waals surface area contributed by atoms with Crippen LogP contribution in [-0.4, -0.2) is 31.1 Å². The van der Waals surface area contributed by atoms with Crippen LogP contribution in [0.25, 0.3) is 0 Å². The van der Waals surface area contributed by atoms with Gasteiger partial charge >= 0.3 is 0 Å². The monoisotopic (exact) mass is 308 g/mol. The minimum absolute atomic E-state index is 0.0687. The fourth-order valence-corrected chi connectivity index (χ4v) is 2.68. The molecule has 7 nitrogen and oxygen atoms in total. The van der Waals surface area contributed by atoms with E-state index in [1.807, 2.05) is 0 Å². The quantitative estimate of drug-likeness (QED) is 0.608. The van der Waals surface area contributed by atoms with Gasteiger partial charge in [0.1, 0.15) is 0 Å². The van der Waals surface area contributed by atoms with Crippen LogP contribution in [0.3, 0.4) is 0 Å². The lowest BCUT2D eigenvalue weighted by Gasteiger charge is -2.10. The number of hydrogen-bond acceptors (Lipinski definition) is 5. The molecular weight excluding hydrogens is 296 g/mol. The molecule has 0 aliphatic carbocycles. The molecule has 0 amide bonds. The van der Waals surface area contributed by atoms with Crippen molar-refractivity contribution in [2.24, 2.45) is 0 Å². The standard InChI is InChI=1S/C10H13ClN2O5S/c1-2-8(14)6-12-19(17,18)10-4-3-7(11)5-9(10)13(15)16/h3-5,8,12,14H,2,6H2,1H3. The normalized spacial score (nSPS) is 13.2. The highest BCUT2D eigenvalue weighted by atomic mass is 35.5. The van der Waals surface area contributed by atoms with Gasteiger partial charge in [-0.05, 0) is 18.6 Å². The van der Waals surface area contributed by atoms with Gasteiger partial charge in [-0.2, -0.15) is 0 Å². The van der Waals surface area contributed by atoms with Crippen LogP contribution in [0.5, 0.6) is 0 Å². The minimum Gasteiger partial charge on any atom is -0.392 e. The summed E-state index contributed by atoms with van der Waals surface area (Å²) >= 11 is 5.60. The highest BCUT2D eigenvalue weighted by Crippen LogP contribution is 2.26. The van der Waals surface area contributed by atoms with E-state index in [1.54, 1.807) is 6.92 Å². The largest absolute Gasteiger partial charge is 0.392 e. The molecule has 2 N–H and O–H groups in total. The molecular formula is C10H13ClN2O5S. The molecule has 1 aromatic rings. The van der Waals surface area contributed by atoms with Gasteiger partial charge in [0.05, 0.1) is 11.0 Å². The van der Waals surface area contributed by atoms with Crippen LogP contribution in [-0.2, 0) is 10.0 Å². The number of halogens is 1. The molecule has 1 atom stereocenters. The lowest BCUT2D eigenvalue weighted by molar-refractivity contribution is -0.387. The van der Waals surface area contributed by atoms with Crippen molar-refractivity contribution in [3.05, 3.63) is 33.3 Å². The number of nitrogens with zero attached hydrogens (tertiary/aromatic N) is 1. The van der Waals surface area contributed by atoms with Crippen LogP contribution in [0.4, 0.5) is 5.69 Å². The van der Waals surface area contributed by atoms with Gasteiger partial charge in [-0.15, -0.1) is 0 Å². The molecule has 0 aromatic heterocycles. The Balaban J connectivity index is 3.11. The number of nitrogens with one attached hydrogen (secondary N) is 1. The Bertz CT molecular complexity index is 575. The van der Waals surface area contributed by atoms with Crippen molar-refractivity contribution in [3.8, 4) is 0 Å². The number of aliphatic hydroxyl groups is 1. The molecule has 0 saturated heterocycles. The summed E-state index contributed by atoms with van der Waals surface area (Å²) in [5.74, 6) is 0. The maximum absolute atomic E-state index is 11.9. The molecule has 9 heteroatoms. The summed E-state index contributed by atoms with van der Waals surface area (Å²) in [6, 6.07) is 3.27. The van der Waals surface area contributed by atoms with Gasteiger partial charge in [-0.1, -0.05) is 18.5 Å². The predicted molar refractivity (Wildman–Crippen MR) is 69.6 cm³/mol. The molecule has 0 heterocycles. The number of aliphatic hydroxyl groups excluding tert-OH is 1. The lowest BCUT2D eigenvalue weighted by Crippen LogP contribution is -2.32. The third kappa shape index (κ3) is 4.13. The summed E-state index contributed by atoms with van der Waals surface area (Å²) in [4.78, 5) is 9.52. The van der Waals surface area contributed by atoms with Gasteiger partial charge in [-0.3, -0.25) is 10.1 Å². The second kappa shape index (κ2) is 6.29. The Kier molecular flexibility index (Phi) is 5.24. The van der Waals surface area contributed by atoms with Crippen LogP contribution in [0.15, 0.2) is 23.1 Å². The molecule has 0 fully saturated rings. The van der Waals surface area contributed by atoms with Crippen molar-refractivity contribution in [2.45, 2.75) is 24.3 Å². The van der Waals surface area contributed by atoms with E-state index in [1.165, 1.54) is 6.07 Å². The van der Waals surface area contributed by atoms with E-state index >= 15 is 0 Å². The average Bonchev–Trinajstić information content (AvgIpc) is 2.35. The molecule has 0 aliphatic heterocycles. The van der Waals surface area contributed by atoms with Gasteiger partial charge in [-0.25, -0.2) is 13.1 Å². The van der Waals surface area contributed by atoms with E-state index in [4.69, 9.17) is 11.6 Å². The van der Waals surface area contributed by atoms with Gasteiger partial charge < -0.3 is 5.11 Å². The van der Waals surface area contributed by atoms with Crippen LogP contribution < -0.4 is 4.72 Å². The Morgan fingerprint density at radius 3 is 2.68 bits per heavy atom. The molecule has 0 saturated carbocycles. The van der Waals surface area contributed by atoms with E-state index in [9.17, 15) is 23.6 Å². The zero-order valence-corrected chi connectivity index (χ0v) is 11.6. The van der Waals surface area contributed by atoms with Crippen LogP contribution in [0.1, 0.15) is 13.3 Å². The number of rotatable bonds is 6. The zero-order chi connectivity index (χ0) is 14.6. The molecule has 1 unspecified atom stereocenters. The number of sulfonamides is 1. The topological polar surface area (TPSA) is 110 Å². The van der Waals surface area contributed by atoms with Gasteiger partial charge in [0.25, 0.3) is 5.69 Å². The highest BCUT2D eigenvalue weighted by molar-refractivity contribution is 7.89. The molecule has 0 aliphatic rings. The molecule has 1 aromatic carbocycles. The second-order valence-corrected chi connectivity index (χ2v) is 5.95. The fourth-order valence-electron chi connectivity index (χ4n) is 1.29. The van der Waals surface area contributed by atoms with E-state index in [2.05, 4.69) is 4.72 Å². The smallest absolute Gasteiger partial charge is 0.290 e. The summed E-state index contributed by atoms with van der Waals surface area (Å²) in [6.45, 7) is 1.47. The Hall–Kier alpha value is -1.22. The molecule has 106 valence electrons. The maximum Gasteiger partial charge on any atom is 0.290 e. The maximum atomic E-state index is 11.9. The van der Waals surface area contributed by atoms with Gasteiger partial charge in [0, 0.05) is 17.6 Å². The highest BCUT2D eigenvalue weighted by Gasteiger charge is 2.26. The second-order valence-electron chi connectivity index (χ2n) is 3.78. The van der Waals surface area contributed by atoms with Crippen molar-refractivity contribution < 1.29 is 18.4 Å². The number of nitro benzene ring substituents is 1. The first kappa shape index (κ1) is 15.8. The summed E-state index contributed by atoms with van der Waals surface area (Å²) in [5, 5.41) is 20.2. The Labute approximate surface area is 115 Å². The van der Waals surface area contributed by atoms with Crippen LogP contribution in [0, 0.1) is 10.1 Å². The van der Waals surface area contributed by atoms with E-state index in [0.717, 1.165) is 12.1 Å². The lowest BCUT2D eigenvalue weighted by atomic mass is 10.3. The van der Waals surface area contributed by atoms with Gasteiger partial charge in [0.15, 0.2) is 4.90 Å². The first-order valence-corrected chi connectivity index (χ1v) is 7.25. The summed E-state index contributed by atoms with van der Waals surface area (Å²) < 4.78 is 26.0. The molecule has 19 heavy (non-hydrogen) atoms. The van der Waals surface area contributed by atoms with Crippen molar-refractivity contribution in [1.82, 2.24) is 4.72 Å². The SMILES string of the molecule is CCC(O)CNS(=O)(=O)c1ccc(Cl)cc1[N+](=O)[O-]. The first-order chi connectivity index (χ1) is 8.77. The number of benzene rings is 1. The summed E-state index contributed by atoms with van der Waals surface area (Å²) in [5.41, 5.74) is -0.606. The van der Waals surface area contributed by atoms with E-state index in [-0.39, 0.29) is 11.6 Å². The molecule has 0 spiro atoms. The third-order valence-corrected chi connectivity index (χ3v) is 4.09. The number of hydrogen-bond donors (Lipinski definition) is 2. The van der Waals surface area contributed by atoms with Crippen molar-refractivity contribution in [2.75, 3.05) is 6.54 Å². The first-order valence-electron chi connectivity index (χ1n) is 5.39. The molecule has 1 rings (SSSR count). The zero-order valence-electron chi connectivity index (χ0n) is 10.0. The van der Waals surface area contributed by atoms with E-state index < -0.39 is 31.6 Å². The molecule has 0 bridgehead atoms. The summed E-state index contributed by atoms with van der Waals surface area (Å²) in [7, 11) is -4.07. The van der Waals surface area contributed by atoms with Crippen molar-refractivity contribution in [3.63, 3.8) is 0 Å². The predicted octanol–water partition coefficient (Wildman–Crippen LogP) is 1.30. The van der Waals surface area contributed by atoms with Crippen molar-refractivity contribution >= 4 is 27.3 Å². The van der Waals surface area contributed by atoms with Crippen LogP contribution in [0.2, 0.25) is 5.02 Å². The van der Waals surface area contributed by atoms with Gasteiger partial charge in [0.2, 0.25) is 10.0 Å². The average molecular weight is 309 g/mol. The summed E-state index contributed by atoms with van der Waals surface area (Å²) in [6.07, 6.45) is -0.480. The minimum atomic E-state index is -4.07. The Morgan fingerprint density at radius 2 is 2.16 bits per heavy atom. The van der Waals surface area contributed by atoms with Crippen molar-refractivity contribution in [1.29, 1.82) is 0 Å². The third-order valence-electron chi connectivity index (χ3n) is 2.39. The Morgan fingerprint density at radius 1 is 1.53 bits per heavy atom. The molecule has 0 radical (unpaired) electrons. The number of nitro groups is 1.